The van der Waals surface area contributed by atoms with Gasteiger partial charge in [-0.15, -0.1) is 0 Å². The maximum absolute atomic E-state index is 6.87. The number of hydrogen-bond acceptors (Lipinski definition) is 1. The van der Waals surface area contributed by atoms with E-state index in [1.165, 1.54) is 135 Å². The van der Waals surface area contributed by atoms with E-state index < -0.39 is 0 Å². The van der Waals surface area contributed by atoms with Crippen molar-refractivity contribution < 1.29 is 0 Å². The van der Waals surface area contributed by atoms with Crippen molar-refractivity contribution in [3.63, 3.8) is 0 Å². The van der Waals surface area contributed by atoms with Gasteiger partial charge in [-0.1, -0.05) is 136 Å². The summed E-state index contributed by atoms with van der Waals surface area (Å²) in [6.07, 6.45) is 28.8. The molecule has 0 aromatic rings. The molecular formula is C25H53N. The second-order valence-electron chi connectivity index (χ2n) is 8.92. The maximum atomic E-state index is 6.87. The molecule has 0 aliphatic heterocycles. The Morgan fingerprint density at radius 2 is 0.615 bits per heavy atom. The summed E-state index contributed by atoms with van der Waals surface area (Å²) in [6, 6.07) is 0. The number of unbranched alkanes of at least 4 members (excludes halogenated alkanes) is 15. The largest absolute Gasteiger partial charge is 0.325 e. The molecule has 26 heavy (non-hydrogen) atoms. The van der Waals surface area contributed by atoms with Crippen LogP contribution in [0.25, 0.3) is 0 Å². The predicted molar refractivity (Wildman–Crippen MR) is 121 cm³/mol. The van der Waals surface area contributed by atoms with Crippen molar-refractivity contribution in [1.82, 2.24) is 0 Å². The molecule has 0 fully saturated rings. The van der Waals surface area contributed by atoms with Crippen LogP contribution < -0.4 is 5.73 Å². The van der Waals surface area contributed by atoms with Crippen LogP contribution in [-0.2, 0) is 0 Å². The van der Waals surface area contributed by atoms with Crippen LogP contribution >= 0.6 is 0 Å². The maximum Gasteiger partial charge on any atom is 0.0154 e. The summed E-state index contributed by atoms with van der Waals surface area (Å²) in [5.74, 6) is 0. The van der Waals surface area contributed by atoms with Gasteiger partial charge in [0.2, 0.25) is 0 Å². The van der Waals surface area contributed by atoms with Gasteiger partial charge in [-0.2, -0.15) is 0 Å². The average molecular weight is 368 g/mol. The lowest BCUT2D eigenvalue weighted by Crippen LogP contribution is -2.39. The fraction of sp³-hybridized carbons (Fsp3) is 1.00. The van der Waals surface area contributed by atoms with Crippen LogP contribution in [0.1, 0.15) is 156 Å². The minimum Gasteiger partial charge on any atom is -0.325 e. The van der Waals surface area contributed by atoms with Gasteiger partial charge in [-0.3, -0.25) is 0 Å². The summed E-state index contributed by atoms with van der Waals surface area (Å²) in [6.45, 7) is 6.89. The highest BCUT2D eigenvalue weighted by Gasteiger charge is 2.23. The Labute approximate surface area is 167 Å². The van der Waals surface area contributed by atoms with Crippen molar-refractivity contribution in [3.8, 4) is 0 Å². The lowest BCUT2D eigenvalue weighted by molar-refractivity contribution is 0.303. The van der Waals surface area contributed by atoms with E-state index in [9.17, 15) is 0 Å². The number of nitrogens with two attached hydrogens (primary N) is 1. The monoisotopic (exact) mass is 367 g/mol. The molecule has 0 rings (SSSR count). The fourth-order valence-corrected chi connectivity index (χ4v) is 4.15. The molecule has 0 aromatic carbocycles. The van der Waals surface area contributed by atoms with E-state index in [1.54, 1.807) is 0 Å². The highest BCUT2D eigenvalue weighted by molar-refractivity contribution is 4.84. The third-order valence-electron chi connectivity index (χ3n) is 6.08. The van der Waals surface area contributed by atoms with Crippen molar-refractivity contribution in [2.75, 3.05) is 0 Å². The smallest absolute Gasteiger partial charge is 0.0154 e. The Morgan fingerprint density at radius 3 is 0.923 bits per heavy atom. The molecule has 0 spiro atoms. The third kappa shape index (κ3) is 17.4. The van der Waals surface area contributed by atoms with Crippen LogP contribution in [0.5, 0.6) is 0 Å². The fourth-order valence-electron chi connectivity index (χ4n) is 4.15. The minimum atomic E-state index is 0.141. The third-order valence-corrected chi connectivity index (χ3v) is 6.08. The van der Waals surface area contributed by atoms with Gasteiger partial charge >= 0.3 is 0 Å². The van der Waals surface area contributed by atoms with Gasteiger partial charge in [0, 0.05) is 5.54 Å². The molecule has 0 radical (unpaired) electrons. The van der Waals surface area contributed by atoms with E-state index in [0.29, 0.717) is 0 Å². The first-order chi connectivity index (χ1) is 12.7. The number of hydrogen-bond donors (Lipinski definition) is 1. The summed E-state index contributed by atoms with van der Waals surface area (Å²) < 4.78 is 0. The summed E-state index contributed by atoms with van der Waals surface area (Å²) in [5, 5.41) is 0. The first kappa shape index (κ1) is 26.0. The van der Waals surface area contributed by atoms with Crippen LogP contribution in [0.2, 0.25) is 0 Å². The highest BCUT2D eigenvalue weighted by atomic mass is 14.7. The Balaban J connectivity index is 3.83. The SMILES string of the molecule is CCCCCCCCCCCCC(N)(CCCCCC)CCCCCC. The van der Waals surface area contributed by atoms with Crippen LogP contribution in [-0.4, -0.2) is 5.54 Å². The van der Waals surface area contributed by atoms with Gasteiger partial charge in [0.05, 0.1) is 0 Å². The molecule has 0 atom stereocenters. The average Bonchev–Trinajstić information content (AvgIpc) is 2.64. The molecule has 0 aliphatic carbocycles. The van der Waals surface area contributed by atoms with Gasteiger partial charge in [0.15, 0.2) is 0 Å². The van der Waals surface area contributed by atoms with Gasteiger partial charge in [0.1, 0.15) is 0 Å². The quantitative estimate of drug-likeness (QED) is 0.201. The molecule has 0 saturated heterocycles. The molecule has 0 amide bonds. The molecule has 0 bridgehead atoms. The van der Waals surface area contributed by atoms with Crippen LogP contribution in [0, 0.1) is 0 Å². The normalized spacial score (nSPS) is 12.0. The Hall–Kier alpha value is -0.0400. The molecule has 1 nitrogen and oxygen atoms in total. The van der Waals surface area contributed by atoms with Gasteiger partial charge in [-0.25, -0.2) is 0 Å². The van der Waals surface area contributed by atoms with Gasteiger partial charge < -0.3 is 5.73 Å². The second-order valence-corrected chi connectivity index (χ2v) is 8.92. The number of rotatable bonds is 21. The Kier molecular flexibility index (Phi) is 19.7. The van der Waals surface area contributed by atoms with Crippen molar-refractivity contribution in [2.24, 2.45) is 5.73 Å². The molecule has 0 unspecified atom stereocenters. The zero-order valence-electron chi connectivity index (χ0n) is 18.9. The van der Waals surface area contributed by atoms with Crippen molar-refractivity contribution in [2.45, 2.75) is 161 Å². The van der Waals surface area contributed by atoms with E-state index in [2.05, 4.69) is 20.8 Å². The lowest BCUT2D eigenvalue weighted by atomic mass is 9.82. The zero-order chi connectivity index (χ0) is 19.3. The summed E-state index contributed by atoms with van der Waals surface area (Å²) in [4.78, 5) is 0. The molecule has 0 heterocycles. The van der Waals surface area contributed by atoms with E-state index in [0.717, 1.165) is 0 Å². The van der Waals surface area contributed by atoms with E-state index in [1.807, 2.05) is 0 Å². The van der Waals surface area contributed by atoms with Crippen molar-refractivity contribution in [1.29, 1.82) is 0 Å². The Bertz CT molecular complexity index is 249. The van der Waals surface area contributed by atoms with Crippen molar-refractivity contribution in [3.05, 3.63) is 0 Å². The predicted octanol–water partition coefficient (Wildman–Crippen LogP) is 8.94. The standard InChI is InChI=1S/C25H53N/c1-4-7-10-13-14-15-16-17-18-21-24-25(26,22-19-11-8-5-2)23-20-12-9-6-3/h4-24,26H2,1-3H3. The first-order valence-electron chi connectivity index (χ1n) is 12.5. The topological polar surface area (TPSA) is 26.0 Å². The molecule has 2 N–H and O–H groups in total. The molecule has 158 valence electrons. The van der Waals surface area contributed by atoms with Crippen LogP contribution in [0.3, 0.4) is 0 Å². The molecule has 0 saturated carbocycles. The molecular weight excluding hydrogens is 314 g/mol. The van der Waals surface area contributed by atoms with Gasteiger partial charge in [-0.05, 0) is 19.3 Å². The van der Waals surface area contributed by atoms with E-state index in [-0.39, 0.29) is 5.54 Å². The van der Waals surface area contributed by atoms with Crippen LogP contribution in [0.4, 0.5) is 0 Å². The molecule has 0 aromatic heterocycles. The van der Waals surface area contributed by atoms with Crippen molar-refractivity contribution >= 4 is 0 Å². The first-order valence-corrected chi connectivity index (χ1v) is 12.5. The van der Waals surface area contributed by atoms with Crippen LogP contribution in [0.15, 0.2) is 0 Å². The second kappa shape index (κ2) is 19.7. The van der Waals surface area contributed by atoms with E-state index in [4.69, 9.17) is 5.73 Å². The summed E-state index contributed by atoms with van der Waals surface area (Å²) >= 11 is 0. The molecule has 0 aliphatic rings. The highest BCUT2D eigenvalue weighted by Crippen LogP contribution is 2.26. The Morgan fingerprint density at radius 1 is 0.385 bits per heavy atom. The zero-order valence-corrected chi connectivity index (χ0v) is 18.9. The minimum absolute atomic E-state index is 0.141. The summed E-state index contributed by atoms with van der Waals surface area (Å²) in [7, 11) is 0. The van der Waals surface area contributed by atoms with Gasteiger partial charge in [0.25, 0.3) is 0 Å². The lowest BCUT2D eigenvalue weighted by Gasteiger charge is -2.30. The summed E-state index contributed by atoms with van der Waals surface area (Å²) in [5.41, 5.74) is 7.01. The molecule has 1 heteroatoms. The van der Waals surface area contributed by atoms with E-state index >= 15 is 0 Å².